The first-order valence-electron chi connectivity index (χ1n) is 11.9. The van der Waals surface area contributed by atoms with E-state index < -0.39 is 0 Å². The zero-order chi connectivity index (χ0) is 23.8. The zero-order valence-corrected chi connectivity index (χ0v) is 21.3. The summed E-state index contributed by atoms with van der Waals surface area (Å²) in [5.74, 6) is 0.844. The van der Waals surface area contributed by atoms with Gasteiger partial charge in [-0.05, 0) is 70.9 Å². The van der Waals surface area contributed by atoms with Gasteiger partial charge in [0.15, 0.2) is 0 Å². The molecule has 1 aromatic carbocycles. The van der Waals surface area contributed by atoms with Crippen molar-refractivity contribution in [2.75, 3.05) is 27.2 Å². The number of carbonyl (C=O) groups is 2. The normalized spacial score (nSPS) is 16.1. The maximum atomic E-state index is 13.0. The number of aromatic nitrogens is 3. The van der Waals surface area contributed by atoms with Gasteiger partial charge < -0.3 is 14.4 Å². The lowest BCUT2D eigenvalue weighted by molar-refractivity contribution is -0.131. The van der Waals surface area contributed by atoms with Crippen molar-refractivity contribution in [1.82, 2.24) is 24.1 Å². The van der Waals surface area contributed by atoms with Crippen molar-refractivity contribution in [3.8, 4) is 0 Å². The minimum Gasteiger partial charge on any atom is -0.345 e. The number of nitrogens with zero attached hydrogens (tertiary/aromatic N) is 5. The standard InChI is InChI=1S/C26H30BrN5O2/c1-29(2)26(34)21-13-20-15-23(32(16-18-6-7-18)25(20)22(27)14-21)19-5-3-10-30(17-19)24(33)8-12-31-11-4-9-28-31/h4-5,9,11,13-15,18H,3,6-8,10,12,16-17H2,1-2H3. The molecule has 7 nitrogen and oxygen atoms in total. The molecule has 2 aromatic heterocycles. The molecule has 3 heterocycles. The van der Waals surface area contributed by atoms with Crippen molar-refractivity contribution < 1.29 is 9.59 Å². The molecule has 0 unspecified atom stereocenters. The summed E-state index contributed by atoms with van der Waals surface area (Å²) in [6.07, 6.45) is 9.70. The zero-order valence-electron chi connectivity index (χ0n) is 19.7. The Bertz CT molecular complexity index is 1250. The molecule has 1 fully saturated rings. The average Bonchev–Trinajstić information content (AvgIpc) is 3.34. The molecule has 1 aliphatic heterocycles. The summed E-state index contributed by atoms with van der Waals surface area (Å²) < 4.78 is 5.13. The second-order valence-corrected chi connectivity index (χ2v) is 10.4. The molecule has 0 saturated heterocycles. The Hall–Kier alpha value is -2.87. The largest absolute Gasteiger partial charge is 0.345 e. The molecule has 0 N–H and O–H groups in total. The molecular formula is C26H30BrN5O2. The van der Waals surface area contributed by atoms with Gasteiger partial charge in [-0.15, -0.1) is 0 Å². The number of hydrogen-bond donors (Lipinski definition) is 0. The highest BCUT2D eigenvalue weighted by molar-refractivity contribution is 9.10. The smallest absolute Gasteiger partial charge is 0.253 e. The summed E-state index contributed by atoms with van der Waals surface area (Å²) in [5.41, 5.74) is 4.14. The Morgan fingerprint density at radius 3 is 2.74 bits per heavy atom. The van der Waals surface area contributed by atoms with Gasteiger partial charge in [0.1, 0.15) is 0 Å². The number of fused-ring (bicyclic) bond motifs is 1. The van der Waals surface area contributed by atoms with Gasteiger partial charge in [-0.2, -0.15) is 5.10 Å². The fourth-order valence-electron chi connectivity index (χ4n) is 4.70. The van der Waals surface area contributed by atoms with E-state index >= 15 is 0 Å². The quantitative estimate of drug-likeness (QED) is 0.460. The Morgan fingerprint density at radius 1 is 1.21 bits per heavy atom. The van der Waals surface area contributed by atoms with Gasteiger partial charge in [0.25, 0.3) is 5.91 Å². The van der Waals surface area contributed by atoms with Crippen molar-refractivity contribution in [2.45, 2.75) is 38.8 Å². The maximum Gasteiger partial charge on any atom is 0.253 e. The van der Waals surface area contributed by atoms with Crippen LogP contribution in [0.2, 0.25) is 0 Å². The van der Waals surface area contributed by atoms with E-state index in [1.54, 1.807) is 29.9 Å². The number of aryl methyl sites for hydroxylation is 1. The molecule has 34 heavy (non-hydrogen) atoms. The molecule has 1 saturated carbocycles. The summed E-state index contributed by atoms with van der Waals surface area (Å²) in [6, 6.07) is 7.99. The number of carbonyl (C=O) groups excluding carboxylic acids is 2. The first-order chi connectivity index (χ1) is 16.4. The maximum absolute atomic E-state index is 13.0. The number of amides is 2. The molecule has 2 aliphatic rings. The van der Waals surface area contributed by atoms with Gasteiger partial charge >= 0.3 is 0 Å². The number of rotatable bonds is 7. The van der Waals surface area contributed by atoms with Gasteiger partial charge in [-0.3, -0.25) is 14.3 Å². The third-order valence-corrected chi connectivity index (χ3v) is 7.29. The molecule has 1 aliphatic carbocycles. The van der Waals surface area contributed by atoms with Crippen LogP contribution in [0.5, 0.6) is 0 Å². The van der Waals surface area contributed by atoms with E-state index in [2.05, 4.69) is 37.7 Å². The van der Waals surface area contributed by atoms with Crippen LogP contribution in [0.25, 0.3) is 16.5 Å². The molecule has 0 radical (unpaired) electrons. The van der Waals surface area contributed by atoms with Crippen molar-refractivity contribution in [1.29, 1.82) is 0 Å². The second-order valence-electron chi connectivity index (χ2n) is 9.53. The third-order valence-electron chi connectivity index (χ3n) is 6.68. The Labute approximate surface area is 208 Å². The van der Waals surface area contributed by atoms with Gasteiger partial charge in [-0.25, -0.2) is 0 Å². The molecule has 0 atom stereocenters. The predicted molar refractivity (Wildman–Crippen MR) is 136 cm³/mol. The summed E-state index contributed by atoms with van der Waals surface area (Å²) in [5, 5.41) is 5.26. The molecular weight excluding hydrogens is 494 g/mol. The van der Waals surface area contributed by atoms with Crippen LogP contribution >= 0.6 is 15.9 Å². The lowest BCUT2D eigenvalue weighted by atomic mass is 10.1. The van der Waals surface area contributed by atoms with Crippen LogP contribution in [0.15, 0.2) is 47.2 Å². The van der Waals surface area contributed by atoms with E-state index in [1.807, 2.05) is 29.3 Å². The van der Waals surface area contributed by atoms with Crippen molar-refractivity contribution >= 4 is 44.2 Å². The first-order valence-corrected chi connectivity index (χ1v) is 12.7. The molecule has 8 heteroatoms. The second kappa shape index (κ2) is 9.41. The average molecular weight is 524 g/mol. The van der Waals surface area contributed by atoms with E-state index in [0.717, 1.165) is 40.6 Å². The highest BCUT2D eigenvalue weighted by Gasteiger charge is 2.27. The van der Waals surface area contributed by atoms with Gasteiger partial charge in [0, 0.05) is 80.2 Å². The number of halogens is 1. The molecule has 178 valence electrons. The summed E-state index contributed by atoms with van der Waals surface area (Å²) in [7, 11) is 3.55. The van der Waals surface area contributed by atoms with Crippen LogP contribution in [-0.4, -0.2) is 63.1 Å². The van der Waals surface area contributed by atoms with Crippen LogP contribution in [0.3, 0.4) is 0 Å². The van der Waals surface area contributed by atoms with Crippen LogP contribution < -0.4 is 0 Å². The molecule has 0 bridgehead atoms. The van der Waals surface area contributed by atoms with Gasteiger partial charge in [0.05, 0.1) is 5.52 Å². The lowest BCUT2D eigenvalue weighted by Crippen LogP contribution is -2.36. The predicted octanol–water partition coefficient (Wildman–Crippen LogP) is 4.42. The lowest BCUT2D eigenvalue weighted by Gasteiger charge is -2.28. The van der Waals surface area contributed by atoms with Gasteiger partial charge in [0.2, 0.25) is 5.91 Å². The van der Waals surface area contributed by atoms with E-state index in [1.165, 1.54) is 18.4 Å². The summed E-state index contributed by atoms with van der Waals surface area (Å²) >= 11 is 3.75. The van der Waals surface area contributed by atoms with E-state index in [0.29, 0.717) is 31.0 Å². The molecule has 2 amide bonds. The van der Waals surface area contributed by atoms with Crippen LogP contribution in [-0.2, 0) is 17.9 Å². The van der Waals surface area contributed by atoms with Crippen molar-refractivity contribution in [3.05, 3.63) is 58.5 Å². The molecule has 5 rings (SSSR count). The Morgan fingerprint density at radius 2 is 2.03 bits per heavy atom. The third kappa shape index (κ3) is 4.69. The minimum atomic E-state index is -0.00933. The van der Waals surface area contributed by atoms with Crippen molar-refractivity contribution in [3.63, 3.8) is 0 Å². The minimum absolute atomic E-state index is 0.00933. The summed E-state index contributed by atoms with van der Waals surface area (Å²) in [6.45, 7) is 2.91. The van der Waals surface area contributed by atoms with E-state index in [9.17, 15) is 9.59 Å². The van der Waals surface area contributed by atoms with Crippen LogP contribution in [0, 0.1) is 5.92 Å². The SMILES string of the molecule is CN(C)C(=O)c1cc(Br)c2c(c1)cc(C1=CCCN(C(=O)CCn3cccn3)C1)n2CC1CC1. The van der Waals surface area contributed by atoms with Gasteiger partial charge in [-0.1, -0.05) is 6.08 Å². The summed E-state index contributed by atoms with van der Waals surface area (Å²) in [4.78, 5) is 29.1. The highest BCUT2D eigenvalue weighted by Crippen LogP contribution is 2.38. The number of benzene rings is 1. The van der Waals surface area contributed by atoms with E-state index in [-0.39, 0.29) is 11.8 Å². The molecule has 0 spiro atoms. The monoisotopic (exact) mass is 523 g/mol. The Balaban J connectivity index is 1.44. The fraction of sp³-hybridized carbons (Fsp3) is 0.423. The van der Waals surface area contributed by atoms with E-state index in [4.69, 9.17) is 0 Å². The number of hydrogen-bond acceptors (Lipinski definition) is 3. The fourth-order valence-corrected chi connectivity index (χ4v) is 5.39. The van der Waals surface area contributed by atoms with Crippen LogP contribution in [0.4, 0.5) is 0 Å². The first kappa shape index (κ1) is 22.9. The highest BCUT2D eigenvalue weighted by atomic mass is 79.9. The topological polar surface area (TPSA) is 63.4 Å². The molecule has 3 aromatic rings. The van der Waals surface area contributed by atoms with Crippen LogP contribution in [0.1, 0.15) is 41.7 Å². The van der Waals surface area contributed by atoms with Crippen molar-refractivity contribution in [2.24, 2.45) is 5.92 Å². The Kier molecular flexibility index (Phi) is 6.34.